The van der Waals surface area contributed by atoms with Gasteiger partial charge in [0, 0.05) is 0 Å². The maximum Gasteiger partial charge on any atom is 0.275 e. The first-order valence-corrected chi connectivity index (χ1v) is 3.15. The molecule has 11 heavy (non-hydrogen) atoms. The number of hydrogen-bond donors (Lipinski definition) is 1. The van der Waals surface area contributed by atoms with E-state index in [-0.39, 0.29) is 0 Å². The molecular weight excluding hydrogens is 144 g/mol. The second-order valence-electron chi connectivity index (χ2n) is 2.11. The zero-order valence-electron chi connectivity index (χ0n) is 5.90. The lowest BCUT2D eigenvalue weighted by Crippen LogP contribution is -1.76. The molecule has 2 aromatic heterocycles. The quantitative estimate of drug-likeness (QED) is 0.651. The van der Waals surface area contributed by atoms with Gasteiger partial charge >= 0.3 is 0 Å². The molecule has 2 aromatic rings. The van der Waals surface area contributed by atoms with Crippen molar-refractivity contribution >= 4 is 0 Å². The molecule has 5 heteroatoms. The molecule has 0 fully saturated rings. The fourth-order valence-corrected chi connectivity index (χ4v) is 0.779. The Morgan fingerprint density at radius 2 is 2.45 bits per heavy atom. The van der Waals surface area contributed by atoms with Gasteiger partial charge in [-0.3, -0.25) is 0 Å². The molecule has 2 heterocycles. The average molecular weight is 150 g/mol. The van der Waals surface area contributed by atoms with Crippen molar-refractivity contribution in [3.05, 3.63) is 18.3 Å². The van der Waals surface area contributed by atoms with Crippen molar-refractivity contribution in [2.75, 3.05) is 0 Å². The molecule has 0 spiro atoms. The third kappa shape index (κ3) is 1.000. The zero-order chi connectivity index (χ0) is 7.68. The zero-order valence-corrected chi connectivity index (χ0v) is 5.90. The summed E-state index contributed by atoms with van der Waals surface area (Å²) in [5.74, 6) is 1.09. The van der Waals surface area contributed by atoms with Crippen molar-refractivity contribution in [1.82, 2.24) is 20.1 Å². The molecule has 0 aliphatic rings. The van der Waals surface area contributed by atoms with Crippen LogP contribution in [0.4, 0.5) is 0 Å². The summed E-state index contributed by atoms with van der Waals surface area (Å²) in [6, 6.07) is 0. The smallest absolute Gasteiger partial charge is 0.275 e. The fraction of sp³-hybridized carbons (Fsp3) is 0.167. The molecule has 0 amide bonds. The second-order valence-corrected chi connectivity index (χ2v) is 2.11. The molecule has 0 unspecified atom stereocenters. The molecule has 2 rings (SSSR count). The molecule has 5 nitrogen and oxygen atoms in total. The van der Waals surface area contributed by atoms with Crippen LogP contribution in [0, 0.1) is 6.92 Å². The summed E-state index contributed by atoms with van der Waals surface area (Å²) < 4.78 is 4.88. The summed E-state index contributed by atoms with van der Waals surface area (Å²) in [6.45, 7) is 1.77. The van der Waals surface area contributed by atoms with Crippen molar-refractivity contribution in [3.8, 4) is 11.6 Å². The number of imidazole rings is 1. The lowest BCUT2D eigenvalue weighted by Gasteiger charge is -1.81. The van der Waals surface area contributed by atoms with Gasteiger partial charge in [0.05, 0.1) is 12.5 Å². The fourth-order valence-electron chi connectivity index (χ4n) is 0.779. The Morgan fingerprint density at radius 3 is 3.00 bits per heavy atom. The Kier molecular flexibility index (Phi) is 1.21. The van der Waals surface area contributed by atoms with Crippen LogP contribution in [0.25, 0.3) is 11.6 Å². The molecule has 0 radical (unpaired) electrons. The van der Waals surface area contributed by atoms with Gasteiger partial charge in [0.25, 0.3) is 5.89 Å². The predicted octanol–water partition coefficient (Wildman–Crippen LogP) is 0.768. The molecule has 0 aliphatic heterocycles. The Bertz CT molecular complexity index is 337. The normalized spacial score (nSPS) is 10.3. The first-order valence-electron chi connectivity index (χ1n) is 3.15. The molecule has 0 aromatic carbocycles. The molecule has 1 N–H and O–H groups in total. The van der Waals surface area contributed by atoms with Gasteiger partial charge in [-0.1, -0.05) is 5.16 Å². The van der Waals surface area contributed by atoms with E-state index in [0.29, 0.717) is 11.7 Å². The number of nitrogens with zero attached hydrogens (tertiary/aromatic N) is 3. The Morgan fingerprint density at radius 1 is 1.55 bits per heavy atom. The minimum Gasteiger partial charge on any atom is -0.341 e. The molecule has 0 atom stereocenters. The summed E-state index contributed by atoms with van der Waals surface area (Å²) in [4.78, 5) is 10.7. The highest BCUT2D eigenvalue weighted by atomic mass is 16.5. The highest BCUT2D eigenvalue weighted by Gasteiger charge is 2.05. The van der Waals surface area contributed by atoms with Crippen LogP contribution in [-0.4, -0.2) is 20.1 Å². The van der Waals surface area contributed by atoms with Crippen LogP contribution >= 0.6 is 0 Å². The number of aryl methyl sites for hydroxylation is 1. The van der Waals surface area contributed by atoms with Gasteiger partial charge in [-0.25, -0.2) is 4.98 Å². The van der Waals surface area contributed by atoms with Crippen LogP contribution in [0.1, 0.15) is 5.82 Å². The van der Waals surface area contributed by atoms with Gasteiger partial charge in [-0.2, -0.15) is 4.98 Å². The van der Waals surface area contributed by atoms with Gasteiger partial charge < -0.3 is 9.51 Å². The van der Waals surface area contributed by atoms with Crippen LogP contribution in [0.5, 0.6) is 0 Å². The Hall–Kier alpha value is -1.65. The largest absolute Gasteiger partial charge is 0.341 e. The summed E-state index contributed by atoms with van der Waals surface area (Å²) in [6.07, 6.45) is 3.20. The Balaban J connectivity index is 2.45. The molecule has 0 aliphatic carbocycles. The van der Waals surface area contributed by atoms with Crippen molar-refractivity contribution in [2.24, 2.45) is 0 Å². The van der Waals surface area contributed by atoms with E-state index in [9.17, 15) is 0 Å². The standard InChI is InChI=1S/C6H6N4O/c1-4-9-6(11-10-4)5-2-7-3-8-5/h2-3H,1H3,(H,7,8). The van der Waals surface area contributed by atoms with E-state index in [1.807, 2.05) is 0 Å². The van der Waals surface area contributed by atoms with E-state index in [2.05, 4.69) is 20.1 Å². The monoisotopic (exact) mass is 150 g/mol. The lowest BCUT2D eigenvalue weighted by atomic mass is 10.5. The number of aromatic amines is 1. The van der Waals surface area contributed by atoms with E-state index in [0.717, 1.165) is 5.69 Å². The van der Waals surface area contributed by atoms with Crippen LogP contribution in [-0.2, 0) is 0 Å². The summed E-state index contributed by atoms with van der Waals surface area (Å²) in [7, 11) is 0. The number of aromatic nitrogens is 4. The number of rotatable bonds is 1. The first-order chi connectivity index (χ1) is 5.36. The predicted molar refractivity (Wildman–Crippen MR) is 36.6 cm³/mol. The van der Waals surface area contributed by atoms with Crippen LogP contribution in [0.15, 0.2) is 17.0 Å². The topological polar surface area (TPSA) is 67.6 Å². The highest BCUT2D eigenvalue weighted by Crippen LogP contribution is 2.11. The lowest BCUT2D eigenvalue weighted by molar-refractivity contribution is 0.424. The van der Waals surface area contributed by atoms with Gasteiger partial charge in [0.1, 0.15) is 5.69 Å². The minimum atomic E-state index is 0.472. The van der Waals surface area contributed by atoms with E-state index >= 15 is 0 Å². The summed E-state index contributed by atoms with van der Waals surface area (Å²) in [5, 5.41) is 3.64. The van der Waals surface area contributed by atoms with E-state index in [4.69, 9.17) is 4.52 Å². The molecule has 0 bridgehead atoms. The Labute approximate surface area is 62.5 Å². The maximum absolute atomic E-state index is 4.88. The summed E-state index contributed by atoms with van der Waals surface area (Å²) in [5.41, 5.74) is 0.741. The van der Waals surface area contributed by atoms with E-state index < -0.39 is 0 Å². The van der Waals surface area contributed by atoms with Crippen molar-refractivity contribution in [3.63, 3.8) is 0 Å². The first kappa shape index (κ1) is 6.09. The van der Waals surface area contributed by atoms with Gasteiger partial charge in [-0.05, 0) is 6.92 Å². The number of hydrogen-bond acceptors (Lipinski definition) is 4. The minimum absolute atomic E-state index is 0.472. The van der Waals surface area contributed by atoms with Crippen molar-refractivity contribution in [2.45, 2.75) is 6.92 Å². The van der Waals surface area contributed by atoms with Crippen molar-refractivity contribution in [1.29, 1.82) is 0 Å². The van der Waals surface area contributed by atoms with Gasteiger partial charge in [0.2, 0.25) is 0 Å². The molecule has 56 valence electrons. The van der Waals surface area contributed by atoms with Crippen molar-refractivity contribution < 1.29 is 4.52 Å². The number of H-pyrrole nitrogens is 1. The van der Waals surface area contributed by atoms with Crippen LogP contribution in [0.2, 0.25) is 0 Å². The third-order valence-electron chi connectivity index (χ3n) is 1.26. The highest BCUT2D eigenvalue weighted by molar-refractivity contribution is 5.43. The average Bonchev–Trinajstić information content (AvgIpc) is 2.55. The molecule has 0 saturated heterocycles. The SMILES string of the molecule is Cc1noc(-c2cnc[nH]2)n1. The van der Waals surface area contributed by atoms with E-state index in [1.165, 1.54) is 0 Å². The molecule has 0 saturated carbocycles. The van der Waals surface area contributed by atoms with Gasteiger partial charge in [-0.15, -0.1) is 0 Å². The summed E-state index contributed by atoms with van der Waals surface area (Å²) >= 11 is 0. The van der Waals surface area contributed by atoms with Crippen LogP contribution in [0.3, 0.4) is 0 Å². The van der Waals surface area contributed by atoms with E-state index in [1.54, 1.807) is 19.4 Å². The second kappa shape index (κ2) is 2.19. The number of nitrogens with one attached hydrogen (secondary N) is 1. The van der Waals surface area contributed by atoms with Crippen LogP contribution < -0.4 is 0 Å². The molecular formula is C6H6N4O. The third-order valence-corrected chi connectivity index (χ3v) is 1.26. The van der Waals surface area contributed by atoms with Gasteiger partial charge in [0.15, 0.2) is 5.82 Å². The maximum atomic E-state index is 4.88.